The molecule has 1 unspecified atom stereocenters. The van der Waals surface area contributed by atoms with Gasteiger partial charge in [-0.2, -0.15) is 0 Å². The fourth-order valence-corrected chi connectivity index (χ4v) is 2.24. The summed E-state index contributed by atoms with van der Waals surface area (Å²) in [4.78, 5) is 10.5. The van der Waals surface area contributed by atoms with Crippen LogP contribution in [0.3, 0.4) is 0 Å². The van der Waals surface area contributed by atoms with Crippen molar-refractivity contribution < 1.29 is 14.4 Å². The van der Waals surface area contributed by atoms with E-state index in [1.165, 1.54) is 12.1 Å². The minimum atomic E-state index is -0.629. The summed E-state index contributed by atoms with van der Waals surface area (Å²) in [5.74, 6) is -0.629. The Labute approximate surface area is 126 Å². The van der Waals surface area contributed by atoms with E-state index in [-0.39, 0.29) is 21.8 Å². The number of hydrogen-bond donors (Lipinski definition) is 1. The summed E-state index contributed by atoms with van der Waals surface area (Å²) in [5, 5.41) is 14.3. The van der Waals surface area contributed by atoms with Gasteiger partial charge in [0.1, 0.15) is 11.8 Å². The van der Waals surface area contributed by atoms with Gasteiger partial charge in [0.2, 0.25) is 0 Å². The first-order valence-corrected chi connectivity index (χ1v) is 6.73. The number of nitrogens with zero attached hydrogens (tertiary/aromatic N) is 1. The van der Waals surface area contributed by atoms with Gasteiger partial charge in [-0.15, -0.1) is 0 Å². The van der Waals surface area contributed by atoms with Gasteiger partial charge in [-0.25, -0.2) is 0 Å². The summed E-state index contributed by atoms with van der Waals surface area (Å²) in [6.07, 6.45) is -0.181. The summed E-state index contributed by atoms with van der Waals surface area (Å²) in [6.45, 7) is 4.43. The number of nitro groups is 1. The SMILES string of the molecule is CC1(C)OCC(CNc2cc(Cl)c(Cl)cc2[N+](=O)[O-])O1. The van der Waals surface area contributed by atoms with Gasteiger partial charge in [0, 0.05) is 12.6 Å². The molecule has 8 heteroatoms. The summed E-state index contributed by atoms with van der Waals surface area (Å²) in [5.41, 5.74) is 0.176. The molecular formula is C12H14Cl2N2O4. The lowest BCUT2D eigenvalue weighted by Gasteiger charge is -2.17. The van der Waals surface area contributed by atoms with Crippen molar-refractivity contribution in [1.29, 1.82) is 0 Å². The van der Waals surface area contributed by atoms with Crippen LogP contribution < -0.4 is 5.32 Å². The monoisotopic (exact) mass is 320 g/mol. The minimum absolute atomic E-state index is 0.127. The third kappa shape index (κ3) is 3.52. The second-order valence-corrected chi connectivity index (χ2v) is 5.69. The molecule has 2 rings (SSSR count). The Bertz CT molecular complexity index is 536. The quantitative estimate of drug-likeness (QED) is 0.679. The van der Waals surface area contributed by atoms with Gasteiger partial charge in [0.15, 0.2) is 5.79 Å². The van der Waals surface area contributed by atoms with Crippen LogP contribution in [-0.4, -0.2) is 30.0 Å². The Morgan fingerprint density at radius 3 is 2.65 bits per heavy atom. The Morgan fingerprint density at radius 2 is 2.10 bits per heavy atom. The van der Waals surface area contributed by atoms with Crippen LogP contribution in [0, 0.1) is 10.1 Å². The molecule has 1 fully saturated rings. The molecule has 1 heterocycles. The van der Waals surface area contributed by atoms with E-state index in [4.69, 9.17) is 32.7 Å². The van der Waals surface area contributed by atoms with Crippen LogP contribution in [0.5, 0.6) is 0 Å². The molecule has 0 spiro atoms. The van der Waals surface area contributed by atoms with E-state index in [0.29, 0.717) is 18.8 Å². The molecule has 0 radical (unpaired) electrons. The lowest BCUT2D eigenvalue weighted by molar-refractivity contribution is -0.383. The molecular weight excluding hydrogens is 307 g/mol. The standard InChI is InChI=1S/C12H14Cl2N2O4/c1-12(2)19-6-7(20-12)5-15-10-3-8(13)9(14)4-11(10)16(17)18/h3-4,7,15H,5-6H2,1-2H3. The average molecular weight is 321 g/mol. The Kier molecular flexibility index (Phi) is 4.39. The molecule has 1 aromatic carbocycles. The van der Waals surface area contributed by atoms with Crippen molar-refractivity contribution in [2.45, 2.75) is 25.7 Å². The van der Waals surface area contributed by atoms with E-state index in [2.05, 4.69) is 5.32 Å². The Hall–Kier alpha value is -1.08. The molecule has 1 atom stereocenters. The first-order chi connectivity index (χ1) is 9.28. The zero-order valence-electron chi connectivity index (χ0n) is 11.0. The van der Waals surface area contributed by atoms with Crippen molar-refractivity contribution >= 4 is 34.6 Å². The van der Waals surface area contributed by atoms with Gasteiger partial charge < -0.3 is 14.8 Å². The second-order valence-electron chi connectivity index (χ2n) is 4.87. The smallest absolute Gasteiger partial charge is 0.293 e. The zero-order chi connectivity index (χ0) is 14.9. The molecule has 1 N–H and O–H groups in total. The topological polar surface area (TPSA) is 73.6 Å². The van der Waals surface area contributed by atoms with Crippen LogP contribution in [0.15, 0.2) is 12.1 Å². The van der Waals surface area contributed by atoms with Gasteiger partial charge in [-0.1, -0.05) is 23.2 Å². The highest BCUT2D eigenvalue weighted by molar-refractivity contribution is 6.42. The van der Waals surface area contributed by atoms with Gasteiger partial charge in [-0.3, -0.25) is 10.1 Å². The number of benzene rings is 1. The molecule has 1 aliphatic rings. The number of anilines is 1. The fourth-order valence-electron chi connectivity index (χ4n) is 1.92. The van der Waals surface area contributed by atoms with Crippen LogP contribution in [-0.2, 0) is 9.47 Å². The molecule has 0 aromatic heterocycles. The van der Waals surface area contributed by atoms with Crippen molar-refractivity contribution in [3.05, 3.63) is 32.3 Å². The molecule has 20 heavy (non-hydrogen) atoms. The molecule has 1 saturated heterocycles. The lowest BCUT2D eigenvalue weighted by atomic mass is 10.2. The molecule has 6 nitrogen and oxygen atoms in total. The van der Waals surface area contributed by atoms with Gasteiger partial charge in [0.05, 0.1) is 21.6 Å². The van der Waals surface area contributed by atoms with E-state index in [9.17, 15) is 10.1 Å². The summed E-state index contributed by atoms with van der Waals surface area (Å²) >= 11 is 11.7. The highest BCUT2D eigenvalue weighted by Crippen LogP contribution is 2.34. The normalized spacial score (nSPS) is 20.9. The number of hydrogen-bond acceptors (Lipinski definition) is 5. The van der Waals surface area contributed by atoms with Crippen LogP contribution in [0.4, 0.5) is 11.4 Å². The number of halogens is 2. The highest BCUT2D eigenvalue weighted by atomic mass is 35.5. The second kappa shape index (κ2) is 5.73. The van der Waals surface area contributed by atoms with Gasteiger partial charge in [0.25, 0.3) is 5.69 Å². The number of nitro benzene ring substituents is 1. The summed E-state index contributed by atoms with van der Waals surface area (Å²) in [6, 6.07) is 2.66. The van der Waals surface area contributed by atoms with E-state index in [0.717, 1.165) is 0 Å². The Morgan fingerprint density at radius 1 is 1.45 bits per heavy atom. The van der Waals surface area contributed by atoms with Crippen LogP contribution in [0.25, 0.3) is 0 Å². The van der Waals surface area contributed by atoms with E-state index < -0.39 is 10.7 Å². The van der Waals surface area contributed by atoms with Crippen molar-refractivity contribution in [2.75, 3.05) is 18.5 Å². The van der Waals surface area contributed by atoms with E-state index in [1.54, 1.807) is 0 Å². The fraction of sp³-hybridized carbons (Fsp3) is 0.500. The molecule has 0 bridgehead atoms. The average Bonchev–Trinajstić information content (AvgIpc) is 2.69. The zero-order valence-corrected chi connectivity index (χ0v) is 12.5. The van der Waals surface area contributed by atoms with Gasteiger partial charge in [-0.05, 0) is 19.9 Å². The predicted octanol–water partition coefficient (Wildman–Crippen LogP) is 3.47. The summed E-state index contributed by atoms with van der Waals surface area (Å²) < 4.78 is 11.0. The van der Waals surface area contributed by atoms with E-state index in [1.807, 2.05) is 13.8 Å². The van der Waals surface area contributed by atoms with Crippen LogP contribution >= 0.6 is 23.2 Å². The van der Waals surface area contributed by atoms with Crippen molar-refractivity contribution in [2.24, 2.45) is 0 Å². The predicted molar refractivity (Wildman–Crippen MR) is 76.5 cm³/mol. The molecule has 0 aliphatic carbocycles. The first-order valence-electron chi connectivity index (χ1n) is 5.97. The largest absolute Gasteiger partial charge is 0.377 e. The summed E-state index contributed by atoms with van der Waals surface area (Å²) in [7, 11) is 0. The number of nitrogens with one attached hydrogen (secondary N) is 1. The minimum Gasteiger partial charge on any atom is -0.377 e. The maximum Gasteiger partial charge on any atom is 0.293 e. The molecule has 0 saturated carbocycles. The molecule has 110 valence electrons. The molecule has 1 aliphatic heterocycles. The van der Waals surface area contributed by atoms with Crippen molar-refractivity contribution in [3.63, 3.8) is 0 Å². The van der Waals surface area contributed by atoms with Gasteiger partial charge >= 0.3 is 0 Å². The molecule has 0 amide bonds. The van der Waals surface area contributed by atoms with Crippen LogP contribution in [0.1, 0.15) is 13.8 Å². The number of ether oxygens (including phenoxy) is 2. The Balaban J connectivity index is 2.09. The van der Waals surface area contributed by atoms with Crippen molar-refractivity contribution in [1.82, 2.24) is 0 Å². The van der Waals surface area contributed by atoms with Crippen LogP contribution in [0.2, 0.25) is 10.0 Å². The maximum absolute atomic E-state index is 11.0. The van der Waals surface area contributed by atoms with Crippen molar-refractivity contribution in [3.8, 4) is 0 Å². The lowest BCUT2D eigenvalue weighted by Crippen LogP contribution is -2.26. The molecule has 1 aromatic rings. The highest BCUT2D eigenvalue weighted by Gasteiger charge is 2.32. The number of rotatable bonds is 4. The maximum atomic E-state index is 11.0. The first kappa shape index (κ1) is 15.3. The third-order valence-corrected chi connectivity index (χ3v) is 3.54. The third-order valence-electron chi connectivity index (χ3n) is 2.82. The van der Waals surface area contributed by atoms with E-state index >= 15 is 0 Å².